The van der Waals surface area contributed by atoms with Gasteiger partial charge in [-0.1, -0.05) is 35.9 Å². The lowest BCUT2D eigenvalue weighted by molar-refractivity contribution is 0.191. The fraction of sp³-hybridized carbons (Fsp3) is 0.200. The van der Waals surface area contributed by atoms with Gasteiger partial charge in [0.15, 0.2) is 0 Å². The van der Waals surface area contributed by atoms with Gasteiger partial charge in [0.05, 0.1) is 6.10 Å². The Balaban J connectivity index is 2.02. The van der Waals surface area contributed by atoms with E-state index in [4.69, 9.17) is 11.6 Å². The Hall–Kier alpha value is -1.03. The first-order valence-corrected chi connectivity index (χ1v) is 7.17. The molecule has 0 radical (unpaired) electrons. The SMILES string of the molecule is Cc1cccc(NCC(O)c2ccc(Cl)cc2)c1Br. The third kappa shape index (κ3) is 3.72. The summed E-state index contributed by atoms with van der Waals surface area (Å²) in [6.07, 6.45) is -0.565. The minimum Gasteiger partial charge on any atom is -0.387 e. The molecule has 0 saturated heterocycles. The highest BCUT2D eigenvalue weighted by molar-refractivity contribution is 9.10. The van der Waals surface area contributed by atoms with Gasteiger partial charge in [-0.25, -0.2) is 0 Å². The molecule has 0 saturated carbocycles. The first-order chi connectivity index (χ1) is 9.08. The normalized spacial score (nSPS) is 12.2. The van der Waals surface area contributed by atoms with Crippen molar-refractivity contribution in [2.45, 2.75) is 13.0 Å². The molecule has 0 aliphatic carbocycles. The van der Waals surface area contributed by atoms with Crippen molar-refractivity contribution in [1.29, 1.82) is 0 Å². The Labute approximate surface area is 126 Å². The molecule has 1 unspecified atom stereocenters. The maximum Gasteiger partial charge on any atom is 0.0962 e. The number of aliphatic hydroxyl groups excluding tert-OH is 1. The number of hydrogen-bond donors (Lipinski definition) is 2. The van der Waals surface area contributed by atoms with Gasteiger partial charge in [-0.05, 0) is 52.2 Å². The molecule has 1 atom stereocenters. The second-order valence-electron chi connectivity index (χ2n) is 4.38. The molecular weight excluding hydrogens is 326 g/mol. The summed E-state index contributed by atoms with van der Waals surface area (Å²) in [6, 6.07) is 13.2. The zero-order valence-electron chi connectivity index (χ0n) is 10.5. The molecule has 0 spiro atoms. The molecule has 0 aliphatic rings. The molecule has 19 heavy (non-hydrogen) atoms. The predicted molar refractivity (Wildman–Crippen MR) is 83.8 cm³/mol. The summed E-state index contributed by atoms with van der Waals surface area (Å²) >= 11 is 9.36. The van der Waals surface area contributed by atoms with E-state index >= 15 is 0 Å². The average Bonchev–Trinajstić information content (AvgIpc) is 2.41. The van der Waals surface area contributed by atoms with E-state index in [0.29, 0.717) is 11.6 Å². The zero-order valence-corrected chi connectivity index (χ0v) is 12.9. The first kappa shape index (κ1) is 14.4. The molecule has 2 nitrogen and oxygen atoms in total. The Kier molecular flexibility index (Phi) is 4.86. The Morgan fingerprint density at radius 2 is 1.89 bits per heavy atom. The number of benzene rings is 2. The van der Waals surface area contributed by atoms with Crippen LogP contribution in [0.25, 0.3) is 0 Å². The Morgan fingerprint density at radius 1 is 1.21 bits per heavy atom. The highest BCUT2D eigenvalue weighted by atomic mass is 79.9. The molecule has 4 heteroatoms. The van der Waals surface area contributed by atoms with Gasteiger partial charge in [-0.2, -0.15) is 0 Å². The van der Waals surface area contributed by atoms with Gasteiger partial charge in [-0.3, -0.25) is 0 Å². The van der Waals surface area contributed by atoms with Crippen molar-refractivity contribution in [3.05, 3.63) is 63.1 Å². The number of rotatable bonds is 4. The highest BCUT2D eigenvalue weighted by Crippen LogP contribution is 2.26. The lowest BCUT2D eigenvalue weighted by Crippen LogP contribution is -2.12. The summed E-state index contributed by atoms with van der Waals surface area (Å²) in [6.45, 7) is 2.48. The molecule has 0 bridgehead atoms. The van der Waals surface area contributed by atoms with Crippen LogP contribution in [-0.2, 0) is 0 Å². The number of anilines is 1. The monoisotopic (exact) mass is 339 g/mol. The lowest BCUT2D eigenvalue weighted by Gasteiger charge is -2.15. The van der Waals surface area contributed by atoms with E-state index in [9.17, 15) is 5.11 Å². The molecule has 0 aliphatic heterocycles. The molecule has 2 aromatic carbocycles. The van der Waals surface area contributed by atoms with Crippen LogP contribution in [0, 0.1) is 6.92 Å². The second kappa shape index (κ2) is 6.42. The van der Waals surface area contributed by atoms with Crippen molar-refractivity contribution < 1.29 is 5.11 Å². The van der Waals surface area contributed by atoms with Crippen LogP contribution in [0.1, 0.15) is 17.2 Å². The van der Waals surface area contributed by atoms with E-state index in [2.05, 4.69) is 21.2 Å². The number of halogens is 2. The third-order valence-corrected chi connectivity index (χ3v) is 4.24. The van der Waals surface area contributed by atoms with Crippen LogP contribution in [0.3, 0.4) is 0 Å². The van der Waals surface area contributed by atoms with Gasteiger partial charge in [-0.15, -0.1) is 0 Å². The van der Waals surface area contributed by atoms with E-state index in [0.717, 1.165) is 21.3 Å². The van der Waals surface area contributed by atoms with Gasteiger partial charge in [0, 0.05) is 21.7 Å². The summed E-state index contributed by atoms with van der Waals surface area (Å²) in [7, 11) is 0. The summed E-state index contributed by atoms with van der Waals surface area (Å²) in [5.74, 6) is 0. The zero-order chi connectivity index (χ0) is 13.8. The van der Waals surface area contributed by atoms with Crippen LogP contribution < -0.4 is 5.32 Å². The van der Waals surface area contributed by atoms with Crippen molar-refractivity contribution in [1.82, 2.24) is 0 Å². The first-order valence-electron chi connectivity index (χ1n) is 6.00. The summed E-state index contributed by atoms with van der Waals surface area (Å²) < 4.78 is 1.03. The molecule has 2 N–H and O–H groups in total. The van der Waals surface area contributed by atoms with E-state index in [1.807, 2.05) is 37.3 Å². The van der Waals surface area contributed by atoms with Crippen LogP contribution in [0.4, 0.5) is 5.69 Å². The largest absolute Gasteiger partial charge is 0.387 e. The van der Waals surface area contributed by atoms with E-state index in [1.54, 1.807) is 12.1 Å². The van der Waals surface area contributed by atoms with Crippen molar-refractivity contribution in [2.75, 3.05) is 11.9 Å². The minimum atomic E-state index is -0.565. The minimum absolute atomic E-state index is 0.448. The fourth-order valence-corrected chi connectivity index (χ4v) is 2.32. The Morgan fingerprint density at radius 3 is 2.58 bits per heavy atom. The van der Waals surface area contributed by atoms with Gasteiger partial charge >= 0.3 is 0 Å². The molecule has 0 aromatic heterocycles. The smallest absolute Gasteiger partial charge is 0.0962 e. The van der Waals surface area contributed by atoms with Crippen LogP contribution in [0.15, 0.2) is 46.9 Å². The summed E-state index contributed by atoms with van der Waals surface area (Å²) in [4.78, 5) is 0. The highest BCUT2D eigenvalue weighted by Gasteiger charge is 2.08. The molecule has 0 heterocycles. The van der Waals surface area contributed by atoms with Crippen molar-refractivity contribution in [3.63, 3.8) is 0 Å². The van der Waals surface area contributed by atoms with Crippen LogP contribution in [-0.4, -0.2) is 11.7 Å². The topological polar surface area (TPSA) is 32.3 Å². The maximum absolute atomic E-state index is 10.1. The molecule has 2 rings (SSSR count). The number of aryl methyl sites for hydroxylation is 1. The van der Waals surface area contributed by atoms with Gasteiger partial charge < -0.3 is 10.4 Å². The maximum atomic E-state index is 10.1. The van der Waals surface area contributed by atoms with Crippen molar-refractivity contribution in [2.24, 2.45) is 0 Å². The summed E-state index contributed by atoms with van der Waals surface area (Å²) in [5.41, 5.74) is 2.99. The van der Waals surface area contributed by atoms with Gasteiger partial charge in [0.2, 0.25) is 0 Å². The van der Waals surface area contributed by atoms with E-state index in [1.165, 1.54) is 0 Å². The van der Waals surface area contributed by atoms with Crippen LogP contribution in [0.2, 0.25) is 5.02 Å². The molecule has 0 amide bonds. The Bertz CT molecular complexity index is 557. The lowest BCUT2D eigenvalue weighted by atomic mass is 10.1. The van der Waals surface area contributed by atoms with Gasteiger partial charge in [0.1, 0.15) is 0 Å². The van der Waals surface area contributed by atoms with Crippen LogP contribution >= 0.6 is 27.5 Å². The number of nitrogens with one attached hydrogen (secondary N) is 1. The van der Waals surface area contributed by atoms with Gasteiger partial charge in [0.25, 0.3) is 0 Å². The molecule has 2 aromatic rings. The fourth-order valence-electron chi connectivity index (χ4n) is 1.79. The predicted octanol–water partition coefficient (Wildman–Crippen LogP) is 4.56. The van der Waals surface area contributed by atoms with E-state index < -0.39 is 6.10 Å². The third-order valence-electron chi connectivity index (χ3n) is 2.93. The van der Waals surface area contributed by atoms with Crippen molar-refractivity contribution >= 4 is 33.2 Å². The molecular formula is C15H15BrClNO. The quantitative estimate of drug-likeness (QED) is 0.855. The average molecular weight is 341 g/mol. The standard InChI is InChI=1S/C15H15BrClNO/c1-10-3-2-4-13(15(10)16)18-9-14(19)11-5-7-12(17)8-6-11/h2-8,14,18-19H,9H2,1H3. The molecule has 100 valence electrons. The van der Waals surface area contributed by atoms with E-state index in [-0.39, 0.29) is 0 Å². The number of aliphatic hydroxyl groups is 1. The van der Waals surface area contributed by atoms with Crippen LogP contribution in [0.5, 0.6) is 0 Å². The molecule has 0 fully saturated rings. The summed E-state index contributed by atoms with van der Waals surface area (Å²) in [5, 5.41) is 14.0. The second-order valence-corrected chi connectivity index (χ2v) is 5.61. The van der Waals surface area contributed by atoms with Crippen molar-refractivity contribution in [3.8, 4) is 0 Å². The number of hydrogen-bond acceptors (Lipinski definition) is 2.